The zero-order valence-electron chi connectivity index (χ0n) is 60.1. The van der Waals surface area contributed by atoms with E-state index >= 15 is 0 Å². The van der Waals surface area contributed by atoms with Gasteiger partial charge in [-0.1, -0.05) is 111 Å². The molecule has 0 N–H and O–H groups in total. The van der Waals surface area contributed by atoms with Crippen molar-refractivity contribution in [2.24, 2.45) is 0 Å². The van der Waals surface area contributed by atoms with Crippen molar-refractivity contribution in [3.05, 3.63) is 269 Å². The molecular weight excluding hydrogens is 1500 g/mol. The van der Waals surface area contributed by atoms with Crippen LogP contribution in [0, 0.1) is 172 Å². The van der Waals surface area contributed by atoms with Crippen molar-refractivity contribution < 1.29 is 40.6 Å². The summed E-state index contributed by atoms with van der Waals surface area (Å²) in [4.78, 5) is 44.5. The summed E-state index contributed by atoms with van der Waals surface area (Å²) in [7, 11) is 0. The SMILES string of the molecule is Cc1cc(C)cc(-c2nc3c(C)c(Cl)c([N+](=O)[O-])c(C)c3s2)c1.Cc1cc(C)cc(-c2nc3c(C)c([N+](=O)[O-])c(Cl)c(C)c3s2)c1.Cc1cc(C)cc(-c2nc3c(C)ccc(C)c3s2)c1.Cc1ccc(C)c2sc(-c3c(F)c(F)c(F)c(F)c3F)nc12.Cc1ccc(C)c2sc(-c3cc(F)cc(F)c3)nc12. The van der Waals surface area contributed by atoms with Gasteiger partial charge in [-0.25, -0.2) is 55.7 Å². The highest BCUT2D eigenvalue weighted by Crippen LogP contribution is 2.46. The predicted octanol–water partition coefficient (Wildman–Crippen LogP) is 26.8. The molecule has 0 bridgehead atoms. The van der Waals surface area contributed by atoms with Crippen molar-refractivity contribution in [2.75, 3.05) is 0 Å². The number of nitrogens with zero attached hydrogens (tertiary/aromatic N) is 7. The second-order valence-electron chi connectivity index (χ2n) is 26.2. The average molecular weight is 1570 g/mol. The molecule has 0 aliphatic rings. The Bertz CT molecular complexity index is 5590. The minimum absolute atomic E-state index is 0.0210. The number of aryl methyl sites for hydroxylation is 16. The normalized spacial score (nSPS) is 11.2. The molecule has 0 fully saturated rings. The smallest absolute Gasteiger partial charge is 0.258 e. The van der Waals surface area contributed by atoms with Crippen LogP contribution in [0.15, 0.2) is 109 Å². The molecule has 15 aromatic rings. The Morgan fingerprint density at radius 2 is 0.566 bits per heavy atom. The van der Waals surface area contributed by atoms with Crippen LogP contribution in [0.2, 0.25) is 10.0 Å². The number of fused-ring (bicyclic) bond motifs is 5. The van der Waals surface area contributed by atoms with E-state index < -0.39 is 56.1 Å². The lowest BCUT2D eigenvalue weighted by Crippen LogP contribution is -2.03. The van der Waals surface area contributed by atoms with Gasteiger partial charge in [-0.15, -0.1) is 56.7 Å². The van der Waals surface area contributed by atoms with E-state index in [0.717, 1.165) is 119 Å². The van der Waals surface area contributed by atoms with Crippen LogP contribution in [0.25, 0.3) is 104 Å². The highest BCUT2D eigenvalue weighted by Gasteiger charge is 2.30. The van der Waals surface area contributed by atoms with Crippen LogP contribution in [-0.2, 0) is 0 Å². The molecule has 106 heavy (non-hydrogen) atoms. The molecule has 542 valence electrons. The van der Waals surface area contributed by atoms with Crippen molar-refractivity contribution >= 4 is 142 Å². The van der Waals surface area contributed by atoms with Gasteiger partial charge in [-0.05, 0) is 198 Å². The molecule has 0 aliphatic heterocycles. The van der Waals surface area contributed by atoms with Crippen LogP contribution in [0.3, 0.4) is 0 Å². The molecule has 25 heteroatoms. The third kappa shape index (κ3) is 15.7. The lowest BCUT2D eigenvalue weighted by atomic mass is 10.1. The number of hydrogen-bond donors (Lipinski definition) is 0. The zero-order chi connectivity index (χ0) is 77.1. The molecule has 11 nitrogen and oxygen atoms in total. The van der Waals surface area contributed by atoms with Crippen molar-refractivity contribution in [3.63, 3.8) is 0 Å². The van der Waals surface area contributed by atoms with Crippen LogP contribution >= 0.6 is 79.9 Å². The summed E-state index contributed by atoms with van der Waals surface area (Å²) < 4.78 is 98.8. The number of hydrogen-bond acceptors (Lipinski definition) is 14. The fourth-order valence-corrected chi connectivity index (χ4v) is 18.6. The van der Waals surface area contributed by atoms with Crippen molar-refractivity contribution in [1.29, 1.82) is 0 Å². The Hall–Kier alpha value is -9.46. The molecule has 0 amide bonds. The van der Waals surface area contributed by atoms with E-state index in [0.29, 0.717) is 48.6 Å². The van der Waals surface area contributed by atoms with Gasteiger partial charge in [0.1, 0.15) is 46.7 Å². The Kier molecular flexibility index (Phi) is 22.8. The number of halogens is 9. The maximum atomic E-state index is 13.9. The van der Waals surface area contributed by atoms with E-state index in [1.807, 2.05) is 53.7 Å². The Balaban J connectivity index is 0.000000133. The molecule has 0 unspecified atom stereocenters. The standard InChI is InChI=1S/2C17H15ClN2O2S.C17H17NS.C15H8F5NS.C15H11F2NS/c1-8-5-9(2)7-12(6-8)17-19-14-11(4)15(20(21)22)13(18)10(3)16(14)23-17;1-8-5-9(2)7-12(6-8)17-19-14-10(3)13(18)15(20(21)22)11(4)16(14)23-17;1-10-7-11(2)9-14(8-10)17-18-15-12(3)5-6-13(4)16(15)19-17;1-5-3-4-6(2)14-13(5)21-15(22-14)7-8(16)10(18)12(20)11(19)9(7)17;1-8-3-4-9(2)14-13(8)18-15(19-14)10-5-11(16)7-12(17)6-10/h2*5-7H,1-4H3;5-9H,1-4H3;3-4H,1-2H3;3-7H,1-2H3. The maximum Gasteiger partial charge on any atom is 0.293 e. The van der Waals surface area contributed by atoms with Gasteiger partial charge >= 0.3 is 0 Å². The van der Waals surface area contributed by atoms with Crippen molar-refractivity contribution in [1.82, 2.24) is 24.9 Å². The molecule has 0 radical (unpaired) electrons. The van der Waals surface area contributed by atoms with Gasteiger partial charge in [0.05, 0.1) is 72.1 Å². The highest BCUT2D eigenvalue weighted by molar-refractivity contribution is 7.23. The summed E-state index contributed by atoms with van der Waals surface area (Å²) >= 11 is 19.6. The number of thiazole rings is 5. The molecule has 5 heterocycles. The monoisotopic (exact) mass is 1560 g/mol. The van der Waals surface area contributed by atoms with Crippen molar-refractivity contribution in [2.45, 2.75) is 111 Å². The van der Waals surface area contributed by atoms with Gasteiger partial charge in [0, 0.05) is 39.4 Å². The maximum absolute atomic E-state index is 13.9. The number of aromatic nitrogens is 5. The number of rotatable bonds is 7. The summed E-state index contributed by atoms with van der Waals surface area (Å²) in [6.07, 6.45) is 0. The van der Waals surface area contributed by atoms with Crippen LogP contribution in [-0.4, -0.2) is 34.8 Å². The van der Waals surface area contributed by atoms with E-state index in [1.165, 1.54) is 78.7 Å². The second kappa shape index (κ2) is 31.2. The van der Waals surface area contributed by atoms with Crippen LogP contribution in [0.5, 0.6) is 0 Å². The minimum Gasteiger partial charge on any atom is -0.258 e. The highest BCUT2D eigenvalue weighted by atomic mass is 35.5. The van der Waals surface area contributed by atoms with Crippen LogP contribution in [0.1, 0.15) is 89.0 Å². The van der Waals surface area contributed by atoms with E-state index in [-0.39, 0.29) is 26.4 Å². The topological polar surface area (TPSA) is 151 Å². The van der Waals surface area contributed by atoms with Gasteiger partial charge in [-0.3, -0.25) is 20.2 Å². The number of nitro benzene ring substituents is 2. The molecule has 15 rings (SSSR count). The summed E-state index contributed by atoms with van der Waals surface area (Å²) in [5.74, 6) is -11.0. The summed E-state index contributed by atoms with van der Waals surface area (Å²) in [5.41, 5.74) is 22.7. The Morgan fingerprint density at radius 1 is 0.302 bits per heavy atom. The average Bonchev–Trinajstić information content (AvgIpc) is 1.57. The fourth-order valence-electron chi connectivity index (χ4n) is 12.3. The van der Waals surface area contributed by atoms with E-state index in [2.05, 4.69) is 109 Å². The van der Waals surface area contributed by atoms with E-state index in [9.17, 15) is 51.0 Å². The molecule has 0 spiro atoms. The van der Waals surface area contributed by atoms with E-state index in [4.69, 9.17) is 33.2 Å². The molecule has 0 saturated heterocycles. The fraction of sp³-hybridized carbons (Fsp3) is 0.198. The molecule has 5 aromatic heterocycles. The van der Waals surface area contributed by atoms with Gasteiger partial charge in [0.15, 0.2) is 23.3 Å². The summed E-state index contributed by atoms with van der Waals surface area (Å²) in [5, 5.41) is 26.2. The number of nitro groups is 2. The minimum atomic E-state index is -2.17. The van der Waals surface area contributed by atoms with Gasteiger partial charge in [0.25, 0.3) is 11.4 Å². The van der Waals surface area contributed by atoms with Gasteiger partial charge in [-0.2, -0.15) is 0 Å². The third-order valence-electron chi connectivity index (χ3n) is 17.6. The molecule has 0 aliphatic carbocycles. The Labute approximate surface area is 636 Å². The lowest BCUT2D eigenvalue weighted by molar-refractivity contribution is -0.385. The predicted molar refractivity (Wildman–Crippen MR) is 424 cm³/mol. The zero-order valence-corrected chi connectivity index (χ0v) is 65.7. The molecular formula is C81H66Cl2F7N7O4S5. The number of benzene rings is 10. The third-order valence-corrected chi connectivity index (χ3v) is 24.6. The quantitative estimate of drug-likeness (QED) is 0.0499. The first-order valence-electron chi connectivity index (χ1n) is 32.8. The lowest BCUT2D eigenvalue weighted by Gasteiger charge is -2.05. The molecule has 10 aromatic carbocycles. The molecule has 0 saturated carbocycles. The van der Waals surface area contributed by atoms with Crippen LogP contribution in [0.4, 0.5) is 42.1 Å². The largest absolute Gasteiger partial charge is 0.293 e. The first-order valence-corrected chi connectivity index (χ1v) is 37.7. The first kappa shape index (κ1) is 77.6. The van der Waals surface area contributed by atoms with Gasteiger partial charge < -0.3 is 0 Å². The second-order valence-corrected chi connectivity index (χ2v) is 31.9. The van der Waals surface area contributed by atoms with Gasteiger partial charge in [0.2, 0.25) is 5.82 Å². The van der Waals surface area contributed by atoms with Crippen molar-refractivity contribution in [3.8, 4) is 52.9 Å². The van der Waals surface area contributed by atoms with Crippen LogP contribution < -0.4 is 0 Å². The first-order chi connectivity index (χ1) is 50.0. The summed E-state index contributed by atoms with van der Waals surface area (Å²) in [6, 6.07) is 34.6. The summed E-state index contributed by atoms with van der Waals surface area (Å²) in [6.45, 7) is 31.3. The Morgan fingerprint density at radius 3 is 0.915 bits per heavy atom. The molecule has 0 atom stereocenters. The van der Waals surface area contributed by atoms with E-state index in [1.54, 1.807) is 65.0 Å².